The van der Waals surface area contributed by atoms with Gasteiger partial charge in [-0.1, -0.05) is 40.5 Å². The van der Waals surface area contributed by atoms with Gasteiger partial charge in [0.05, 0.1) is 12.7 Å². The van der Waals surface area contributed by atoms with Gasteiger partial charge in [-0.2, -0.15) is 0 Å². The Morgan fingerprint density at radius 3 is 2.38 bits per heavy atom. The van der Waals surface area contributed by atoms with Gasteiger partial charge in [-0.25, -0.2) is 0 Å². The molecule has 0 saturated heterocycles. The first-order valence-electron chi connectivity index (χ1n) is 6.89. The van der Waals surface area contributed by atoms with Gasteiger partial charge in [0.2, 0.25) is 0 Å². The maximum atomic E-state index is 6.03. The molecule has 0 heterocycles. The highest BCUT2D eigenvalue weighted by atomic mass is 16.5. The van der Waals surface area contributed by atoms with Crippen LogP contribution in [0.1, 0.15) is 59.8 Å². The summed E-state index contributed by atoms with van der Waals surface area (Å²) in [6.45, 7) is 11.0. The van der Waals surface area contributed by atoms with E-state index in [2.05, 4.69) is 33.0 Å². The van der Waals surface area contributed by atoms with Crippen molar-refractivity contribution < 1.29 is 4.74 Å². The second-order valence-corrected chi connectivity index (χ2v) is 6.11. The smallest absolute Gasteiger partial charge is 0.0628 e. The van der Waals surface area contributed by atoms with Crippen LogP contribution in [-0.2, 0) is 4.74 Å². The summed E-state index contributed by atoms with van der Waals surface area (Å²) in [5.74, 6) is 0. The van der Waals surface area contributed by atoms with Gasteiger partial charge in [0.15, 0.2) is 0 Å². The zero-order valence-electron chi connectivity index (χ0n) is 11.5. The summed E-state index contributed by atoms with van der Waals surface area (Å²) in [6, 6.07) is 0.480. The molecule has 0 spiro atoms. The molecule has 1 atom stereocenters. The van der Waals surface area contributed by atoms with Crippen molar-refractivity contribution in [1.82, 2.24) is 5.32 Å². The average Bonchev–Trinajstić information content (AvgIpc) is 2.68. The number of rotatable bonds is 6. The molecule has 1 unspecified atom stereocenters. The molecule has 16 heavy (non-hydrogen) atoms. The molecule has 96 valence electrons. The van der Waals surface area contributed by atoms with E-state index in [0.717, 1.165) is 13.2 Å². The molecule has 0 aromatic carbocycles. The lowest BCUT2D eigenvalue weighted by molar-refractivity contribution is 0.0209. The van der Waals surface area contributed by atoms with E-state index in [4.69, 9.17) is 4.74 Å². The molecule has 0 aliphatic heterocycles. The monoisotopic (exact) mass is 227 g/mol. The first-order chi connectivity index (χ1) is 7.54. The Hall–Kier alpha value is -0.0800. The van der Waals surface area contributed by atoms with Crippen molar-refractivity contribution in [2.45, 2.75) is 71.9 Å². The lowest BCUT2D eigenvalue weighted by Gasteiger charge is -2.32. The van der Waals surface area contributed by atoms with Gasteiger partial charge in [0, 0.05) is 6.04 Å². The van der Waals surface area contributed by atoms with E-state index in [0.29, 0.717) is 12.1 Å². The molecule has 2 heteroatoms. The van der Waals surface area contributed by atoms with Gasteiger partial charge < -0.3 is 10.1 Å². The zero-order valence-corrected chi connectivity index (χ0v) is 11.5. The minimum atomic E-state index is 0.285. The van der Waals surface area contributed by atoms with E-state index in [1.54, 1.807) is 0 Å². The summed E-state index contributed by atoms with van der Waals surface area (Å²) in [7, 11) is 0. The maximum absolute atomic E-state index is 6.03. The molecule has 1 saturated carbocycles. The quantitative estimate of drug-likeness (QED) is 0.751. The summed E-state index contributed by atoms with van der Waals surface area (Å²) in [4.78, 5) is 0. The van der Waals surface area contributed by atoms with Crippen molar-refractivity contribution in [1.29, 1.82) is 0 Å². The fraction of sp³-hybridized carbons (Fsp3) is 1.00. The third-order valence-corrected chi connectivity index (χ3v) is 3.49. The predicted molar refractivity (Wildman–Crippen MR) is 69.7 cm³/mol. The molecule has 1 fully saturated rings. The third kappa shape index (κ3) is 4.84. The van der Waals surface area contributed by atoms with Crippen LogP contribution in [0.25, 0.3) is 0 Å². The van der Waals surface area contributed by atoms with Crippen LogP contribution in [0.4, 0.5) is 0 Å². The molecule has 0 radical (unpaired) electrons. The van der Waals surface area contributed by atoms with Crippen molar-refractivity contribution in [2.75, 3.05) is 13.2 Å². The fourth-order valence-corrected chi connectivity index (χ4v) is 2.22. The standard InChI is InChI=1S/C14H29NO/c1-5-10-15-13(14(2,3)4)11-16-12-8-6-7-9-12/h12-13,15H,5-11H2,1-4H3. The topological polar surface area (TPSA) is 21.3 Å². The van der Waals surface area contributed by atoms with Crippen LogP contribution >= 0.6 is 0 Å². The van der Waals surface area contributed by atoms with Crippen LogP contribution in [0, 0.1) is 5.41 Å². The molecule has 0 amide bonds. The van der Waals surface area contributed by atoms with E-state index in [1.165, 1.54) is 32.1 Å². The van der Waals surface area contributed by atoms with Gasteiger partial charge in [0.25, 0.3) is 0 Å². The lowest BCUT2D eigenvalue weighted by atomic mass is 9.87. The Morgan fingerprint density at radius 1 is 1.25 bits per heavy atom. The summed E-state index contributed by atoms with van der Waals surface area (Å²) in [5, 5.41) is 3.61. The van der Waals surface area contributed by atoms with Crippen molar-refractivity contribution in [3.8, 4) is 0 Å². The van der Waals surface area contributed by atoms with Gasteiger partial charge in [-0.15, -0.1) is 0 Å². The Labute approximate surface area is 101 Å². The second-order valence-electron chi connectivity index (χ2n) is 6.11. The van der Waals surface area contributed by atoms with Crippen molar-refractivity contribution >= 4 is 0 Å². The number of ether oxygens (including phenoxy) is 1. The lowest BCUT2D eigenvalue weighted by Crippen LogP contribution is -2.44. The SMILES string of the molecule is CCCNC(COC1CCCC1)C(C)(C)C. The Balaban J connectivity index is 2.31. The molecule has 1 N–H and O–H groups in total. The fourth-order valence-electron chi connectivity index (χ4n) is 2.22. The molecule has 2 nitrogen and oxygen atoms in total. The van der Waals surface area contributed by atoms with Crippen LogP contribution < -0.4 is 5.32 Å². The van der Waals surface area contributed by atoms with Gasteiger partial charge in [0.1, 0.15) is 0 Å². The van der Waals surface area contributed by atoms with Gasteiger partial charge in [-0.05, 0) is 31.2 Å². The summed E-state index contributed by atoms with van der Waals surface area (Å²) >= 11 is 0. The van der Waals surface area contributed by atoms with E-state index < -0.39 is 0 Å². The molecule has 1 aliphatic carbocycles. The summed E-state index contributed by atoms with van der Waals surface area (Å²) < 4.78 is 6.03. The normalized spacial score (nSPS) is 20.2. The van der Waals surface area contributed by atoms with E-state index >= 15 is 0 Å². The minimum Gasteiger partial charge on any atom is -0.377 e. The first-order valence-corrected chi connectivity index (χ1v) is 6.89. The number of nitrogens with one attached hydrogen (secondary N) is 1. The Bertz CT molecular complexity index is 180. The highest BCUT2D eigenvalue weighted by molar-refractivity contribution is 4.81. The molecule has 0 aromatic heterocycles. The third-order valence-electron chi connectivity index (χ3n) is 3.49. The average molecular weight is 227 g/mol. The van der Waals surface area contributed by atoms with Gasteiger partial charge in [-0.3, -0.25) is 0 Å². The predicted octanol–water partition coefficient (Wildman–Crippen LogP) is 3.36. The summed E-state index contributed by atoms with van der Waals surface area (Å²) in [5.41, 5.74) is 0.285. The van der Waals surface area contributed by atoms with E-state index in [-0.39, 0.29) is 5.41 Å². The number of hydrogen-bond donors (Lipinski definition) is 1. The second kappa shape index (κ2) is 6.61. The maximum Gasteiger partial charge on any atom is 0.0628 e. The van der Waals surface area contributed by atoms with Crippen LogP contribution in [-0.4, -0.2) is 25.3 Å². The van der Waals surface area contributed by atoms with Crippen molar-refractivity contribution in [3.63, 3.8) is 0 Å². The van der Waals surface area contributed by atoms with E-state index in [1.807, 2.05) is 0 Å². The van der Waals surface area contributed by atoms with Crippen LogP contribution in [0.3, 0.4) is 0 Å². The largest absolute Gasteiger partial charge is 0.377 e. The highest BCUT2D eigenvalue weighted by Crippen LogP contribution is 2.24. The molecular weight excluding hydrogens is 198 g/mol. The van der Waals surface area contributed by atoms with Crippen molar-refractivity contribution in [2.24, 2.45) is 5.41 Å². The minimum absolute atomic E-state index is 0.285. The highest BCUT2D eigenvalue weighted by Gasteiger charge is 2.26. The van der Waals surface area contributed by atoms with Crippen LogP contribution in [0.15, 0.2) is 0 Å². The van der Waals surface area contributed by atoms with E-state index in [9.17, 15) is 0 Å². The molecular formula is C14H29NO. The molecule has 1 aliphatic rings. The first kappa shape index (κ1) is 14.0. The summed E-state index contributed by atoms with van der Waals surface area (Å²) in [6.07, 6.45) is 6.97. The Kier molecular flexibility index (Phi) is 5.77. The number of hydrogen-bond acceptors (Lipinski definition) is 2. The molecule has 0 aromatic rings. The van der Waals surface area contributed by atoms with Crippen LogP contribution in [0.2, 0.25) is 0 Å². The molecule has 1 rings (SSSR count). The van der Waals surface area contributed by atoms with Crippen LogP contribution in [0.5, 0.6) is 0 Å². The molecule has 0 bridgehead atoms. The van der Waals surface area contributed by atoms with Crippen molar-refractivity contribution in [3.05, 3.63) is 0 Å². The zero-order chi connectivity index (χ0) is 12.0. The van der Waals surface area contributed by atoms with Gasteiger partial charge >= 0.3 is 0 Å². The Morgan fingerprint density at radius 2 is 1.88 bits per heavy atom.